The number of ether oxygens (including phenoxy) is 1. The van der Waals surface area contributed by atoms with E-state index in [4.69, 9.17) is 4.74 Å². The molecule has 0 bridgehead atoms. The summed E-state index contributed by atoms with van der Waals surface area (Å²) >= 11 is 0. The summed E-state index contributed by atoms with van der Waals surface area (Å²) in [5, 5.41) is 7.54. The Labute approximate surface area is 120 Å². The highest BCUT2D eigenvalue weighted by Crippen LogP contribution is 2.06. The minimum absolute atomic E-state index is 0.0590. The Bertz CT molecular complexity index is 445. The average molecular weight is 282 g/mol. The van der Waals surface area contributed by atoms with Crippen molar-refractivity contribution >= 4 is 5.69 Å². The lowest BCUT2D eigenvalue weighted by atomic mass is 10.3. The zero-order valence-corrected chi connectivity index (χ0v) is 12.9. The normalized spacial score (nSPS) is 11.1. The van der Waals surface area contributed by atoms with E-state index in [0.29, 0.717) is 19.2 Å². The second-order valence-corrected chi connectivity index (χ2v) is 5.15. The summed E-state index contributed by atoms with van der Waals surface area (Å²) < 4.78 is 6.53. The zero-order chi connectivity index (χ0) is 15.0. The summed E-state index contributed by atoms with van der Waals surface area (Å²) in [6, 6.07) is 2.09. The SMILES string of the molecule is COCCN(C)c1cnn(CCCNC(C)C)c(=O)c1. The van der Waals surface area contributed by atoms with Crippen LogP contribution in [0.2, 0.25) is 0 Å². The predicted molar refractivity (Wildman–Crippen MR) is 81.4 cm³/mol. The number of rotatable bonds is 9. The van der Waals surface area contributed by atoms with Crippen molar-refractivity contribution in [2.24, 2.45) is 0 Å². The second kappa shape index (κ2) is 8.71. The van der Waals surface area contributed by atoms with Crippen molar-refractivity contribution in [2.75, 3.05) is 38.8 Å². The van der Waals surface area contributed by atoms with E-state index >= 15 is 0 Å². The van der Waals surface area contributed by atoms with E-state index in [-0.39, 0.29) is 5.56 Å². The van der Waals surface area contributed by atoms with Crippen LogP contribution in [0.4, 0.5) is 5.69 Å². The van der Waals surface area contributed by atoms with E-state index in [1.54, 1.807) is 19.4 Å². The third-order valence-corrected chi connectivity index (χ3v) is 3.03. The third-order valence-electron chi connectivity index (χ3n) is 3.03. The molecule has 0 aromatic carbocycles. The highest BCUT2D eigenvalue weighted by Gasteiger charge is 2.04. The van der Waals surface area contributed by atoms with Crippen molar-refractivity contribution in [3.63, 3.8) is 0 Å². The molecule has 0 spiro atoms. The molecular formula is C14H26N4O2. The molecule has 114 valence electrons. The van der Waals surface area contributed by atoms with Crippen LogP contribution in [0.1, 0.15) is 20.3 Å². The molecule has 1 heterocycles. The van der Waals surface area contributed by atoms with Gasteiger partial charge in [-0.2, -0.15) is 5.10 Å². The lowest BCUT2D eigenvalue weighted by Crippen LogP contribution is -2.29. The topological polar surface area (TPSA) is 59.4 Å². The molecule has 0 fully saturated rings. The first-order chi connectivity index (χ1) is 9.54. The Hall–Kier alpha value is -1.40. The smallest absolute Gasteiger partial charge is 0.268 e. The molecule has 6 nitrogen and oxygen atoms in total. The molecule has 0 amide bonds. The van der Waals surface area contributed by atoms with E-state index in [1.165, 1.54) is 4.68 Å². The standard InChI is InChI=1S/C14H26N4O2/c1-12(2)15-6-5-7-18-14(19)10-13(11-16-18)17(3)8-9-20-4/h10-12,15H,5-9H2,1-4H3. The van der Waals surface area contributed by atoms with Gasteiger partial charge in [0.05, 0.1) is 18.5 Å². The molecule has 0 unspecified atom stereocenters. The van der Waals surface area contributed by atoms with Gasteiger partial charge in [-0.15, -0.1) is 0 Å². The zero-order valence-electron chi connectivity index (χ0n) is 12.9. The van der Waals surface area contributed by atoms with Crippen molar-refractivity contribution in [1.82, 2.24) is 15.1 Å². The number of aromatic nitrogens is 2. The first kappa shape index (κ1) is 16.7. The molecule has 1 aromatic heterocycles. The maximum Gasteiger partial charge on any atom is 0.268 e. The highest BCUT2D eigenvalue weighted by molar-refractivity contribution is 5.41. The predicted octanol–water partition coefficient (Wildman–Crippen LogP) is 0.714. The molecule has 6 heteroatoms. The van der Waals surface area contributed by atoms with Crippen molar-refractivity contribution in [2.45, 2.75) is 32.9 Å². The Morgan fingerprint density at radius 2 is 2.25 bits per heavy atom. The van der Waals surface area contributed by atoms with Crippen LogP contribution in [0.25, 0.3) is 0 Å². The molecule has 0 aliphatic heterocycles. The van der Waals surface area contributed by atoms with Crippen molar-refractivity contribution in [1.29, 1.82) is 0 Å². The second-order valence-electron chi connectivity index (χ2n) is 5.15. The van der Waals surface area contributed by atoms with Crippen LogP contribution < -0.4 is 15.8 Å². The van der Waals surface area contributed by atoms with Crippen LogP contribution in [0.3, 0.4) is 0 Å². The summed E-state index contributed by atoms with van der Waals surface area (Å²) in [5.74, 6) is 0. The molecule has 1 rings (SSSR count). The average Bonchev–Trinajstić information content (AvgIpc) is 2.42. The van der Waals surface area contributed by atoms with Gasteiger partial charge in [-0.25, -0.2) is 4.68 Å². The molecule has 0 aliphatic rings. The summed E-state index contributed by atoms with van der Waals surface area (Å²) in [4.78, 5) is 13.9. The Kier molecular flexibility index (Phi) is 7.25. The number of anilines is 1. The van der Waals surface area contributed by atoms with Crippen molar-refractivity contribution < 1.29 is 4.74 Å². The quantitative estimate of drug-likeness (QED) is 0.676. The van der Waals surface area contributed by atoms with E-state index in [9.17, 15) is 4.79 Å². The van der Waals surface area contributed by atoms with Crippen LogP contribution in [-0.4, -0.2) is 49.7 Å². The fourth-order valence-electron chi connectivity index (χ4n) is 1.78. The summed E-state index contributed by atoms with van der Waals surface area (Å²) in [6.07, 6.45) is 2.62. The summed E-state index contributed by atoms with van der Waals surface area (Å²) in [7, 11) is 3.58. The van der Waals surface area contributed by atoms with Gasteiger partial charge in [0.15, 0.2) is 0 Å². The van der Waals surface area contributed by atoms with Crippen LogP contribution >= 0.6 is 0 Å². The Morgan fingerprint density at radius 1 is 1.50 bits per heavy atom. The van der Waals surface area contributed by atoms with Gasteiger partial charge in [0.1, 0.15) is 0 Å². The van der Waals surface area contributed by atoms with E-state index in [2.05, 4.69) is 24.3 Å². The largest absolute Gasteiger partial charge is 0.383 e. The molecule has 0 saturated carbocycles. The number of likely N-dealkylation sites (N-methyl/N-ethyl adjacent to an activating group) is 1. The van der Waals surface area contributed by atoms with Crippen LogP contribution in [0.5, 0.6) is 0 Å². The fraction of sp³-hybridized carbons (Fsp3) is 0.714. The lowest BCUT2D eigenvalue weighted by molar-refractivity contribution is 0.206. The molecule has 20 heavy (non-hydrogen) atoms. The van der Waals surface area contributed by atoms with Crippen LogP contribution in [0.15, 0.2) is 17.1 Å². The molecule has 1 aromatic rings. The van der Waals surface area contributed by atoms with Gasteiger partial charge in [-0.1, -0.05) is 13.8 Å². The van der Waals surface area contributed by atoms with Crippen molar-refractivity contribution in [3.8, 4) is 0 Å². The Balaban J connectivity index is 2.53. The lowest BCUT2D eigenvalue weighted by Gasteiger charge is -2.18. The summed E-state index contributed by atoms with van der Waals surface area (Å²) in [6.45, 7) is 7.10. The number of nitrogens with zero attached hydrogens (tertiary/aromatic N) is 3. The van der Waals surface area contributed by atoms with Gasteiger partial charge in [0.2, 0.25) is 0 Å². The number of hydrogen-bond donors (Lipinski definition) is 1. The van der Waals surface area contributed by atoms with E-state index in [1.807, 2.05) is 11.9 Å². The maximum atomic E-state index is 12.0. The van der Waals surface area contributed by atoms with Gasteiger partial charge in [0, 0.05) is 39.4 Å². The van der Waals surface area contributed by atoms with Gasteiger partial charge in [0.25, 0.3) is 5.56 Å². The van der Waals surface area contributed by atoms with Crippen LogP contribution in [-0.2, 0) is 11.3 Å². The number of nitrogens with one attached hydrogen (secondary N) is 1. The first-order valence-corrected chi connectivity index (χ1v) is 7.05. The molecular weight excluding hydrogens is 256 g/mol. The van der Waals surface area contributed by atoms with Gasteiger partial charge in [-0.3, -0.25) is 4.79 Å². The molecule has 1 N–H and O–H groups in total. The Morgan fingerprint density at radius 3 is 2.85 bits per heavy atom. The first-order valence-electron chi connectivity index (χ1n) is 7.05. The van der Waals surface area contributed by atoms with Gasteiger partial charge < -0.3 is 15.0 Å². The monoisotopic (exact) mass is 282 g/mol. The fourth-order valence-corrected chi connectivity index (χ4v) is 1.78. The molecule has 0 saturated heterocycles. The number of aryl methyl sites for hydroxylation is 1. The van der Waals surface area contributed by atoms with Crippen molar-refractivity contribution in [3.05, 3.63) is 22.6 Å². The minimum Gasteiger partial charge on any atom is -0.383 e. The third kappa shape index (κ3) is 5.71. The van der Waals surface area contributed by atoms with Gasteiger partial charge >= 0.3 is 0 Å². The van der Waals surface area contributed by atoms with E-state index < -0.39 is 0 Å². The number of hydrogen-bond acceptors (Lipinski definition) is 5. The highest BCUT2D eigenvalue weighted by atomic mass is 16.5. The maximum absolute atomic E-state index is 12.0. The molecule has 0 aliphatic carbocycles. The van der Waals surface area contributed by atoms with Crippen LogP contribution in [0, 0.1) is 0 Å². The summed E-state index contributed by atoms with van der Waals surface area (Å²) in [5.41, 5.74) is 0.764. The number of methoxy groups -OCH3 is 1. The molecule has 0 atom stereocenters. The minimum atomic E-state index is -0.0590. The van der Waals surface area contributed by atoms with Gasteiger partial charge in [-0.05, 0) is 13.0 Å². The van der Waals surface area contributed by atoms with E-state index in [0.717, 1.165) is 25.2 Å². The molecule has 0 radical (unpaired) electrons.